The molecule has 0 radical (unpaired) electrons. The van der Waals surface area contributed by atoms with Crippen LogP contribution in [0.25, 0.3) is 0 Å². The van der Waals surface area contributed by atoms with Crippen LogP contribution in [0.1, 0.15) is 122 Å². The maximum Gasteiger partial charge on any atom is 0.311 e. The summed E-state index contributed by atoms with van der Waals surface area (Å²) in [7, 11) is 0. The molecular formula is C26H44O2. The number of hydrogen-bond donors (Lipinski definition) is 0. The molecule has 0 aromatic heterocycles. The van der Waals surface area contributed by atoms with Crippen molar-refractivity contribution >= 4 is 5.97 Å². The standard InChI is InChI=1S/C26H44O2/c1-3-5-6-7-8-9-10-11-12-13-14-15-16-17-18-22-26(27)28-25-21-19-20-24(4-2)23-25/h19-21,23H,3-18,22H2,1-2H3. The predicted molar refractivity (Wildman–Crippen MR) is 121 cm³/mol. The monoisotopic (exact) mass is 388 g/mol. The first-order valence-electron chi connectivity index (χ1n) is 12.1. The van der Waals surface area contributed by atoms with Crippen molar-refractivity contribution in [3.8, 4) is 5.75 Å². The van der Waals surface area contributed by atoms with Crippen LogP contribution in [-0.2, 0) is 11.2 Å². The Morgan fingerprint density at radius 3 is 1.71 bits per heavy atom. The molecule has 0 N–H and O–H groups in total. The van der Waals surface area contributed by atoms with Gasteiger partial charge in [0.15, 0.2) is 0 Å². The Morgan fingerprint density at radius 1 is 0.714 bits per heavy atom. The van der Waals surface area contributed by atoms with Gasteiger partial charge >= 0.3 is 5.97 Å². The van der Waals surface area contributed by atoms with Crippen molar-refractivity contribution in [3.05, 3.63) is 29.8 Å². The van der Waals surface area contributed by atoms with Crippen LogP contribution in [-0.4, -0.2) is 5.97 Å². The molecule has 160 valence electrons. The molecule has 0 aliphatic rings. The zero-order valence-corrected chi connectivity index (χ0v) is 18.6. The molecule has 0 bridgehead atoms. The molecule has 0 saturated heterocycles. The summed E-state index contributed by atoms with van der Waals surface area (Å²) in [6.07, 6.45) is 21.6. The van der Waals surface area contributed by atoms with Gasteiger partial charge in [0, 0.05) is 6.42 Å². The van der Waals surface area contributed by atoms with Gasteiger partial charge in [-0.2, -0.15) is 0 Å². The van der Waals surface area contributed by atoms with E-state index < -0.39 is 0 Å². The molecule has 0 spiro atoms. The van der Waals surface area contributed by atoms with Gasteiger partial charge in [-0.05, 0) is 30.5 Å². The van der Waals surface area contributed by atoms with Crippen molar-refractivity contribution in [3.63, 3.8) is 0 Å². The highest BCUT2D eigenvalue weighted by molar-refractivity contribution is 5.72. The quantitative estimate of drug-likeness (QED) is 0.143. The van der Waals surface area contributed by atoms with Crippen LogP contribution in [0.5, 0.6) is 5.75 Å². The Kier molecular flexibility index (Phi) is 15.7. The highest BCUT2D eigenvalue weighted by atomic mass is 16.5. The summed E-state index contributed by atoms with van der Waals surface area (Å²) >= 11 is 0. The van der Waals surface area contributed by atoms with E-state index in [0.29, 0.717) is 12.2 Å². The van der Waals surface area contributed by atoms with Gasteiger partial charge in [0.2, 0.25) is 0 Å². The summed E-state index contributed by atoms with van der Waals surface area (Å²) in [6.45, 7) is 4.39. The van der Waals surface area contributed by atoms with Gasteiger partial charge < -0.3 is 4.74 Å². The van der Waals surface area contributed by atoms with E-state index >= 15 is 0 Å². The summed E-state index contributed by atoms with van der Waals surface area (Å²) in [5, 5.41) is 0. The lowest BCUT2D eigenvalue weighted by Crippen LogP contribution is -2.07. The van der Waals surface area contributed by atoms with Crippen LogP contribution in [0, 0.1) is 0 Å². The van der Waals surface area contributed by atoms with Gasteiger partial charge in [0.05, 0.1) is 0 Å². The summed E-state index contributed by atoms with van der Waals surface area (Å²) < 4.78 is 5.44. The molecule has 1 aromatic carbocycles. The fourth-order valence-corrected chi connectivity index (χ4v) is 3.65. The molecular weight excluding hydrogens is 344 g/mol. The van der Waals surface area contributed by atoms with Crippen molar-refractivity contribution in [1.82, 2.24) is 0 Å². The number of carbonyl (C=O) groups is 1. The van der Waals surface area contributed by atoms with Crippen LogP contribution < -0.4 is 4.74 Å². The molecule has 28 heavy (non-hydrogen) atoms. The molecule has 0 unspecified atom stereocenters. The van der Waals surface area contributed by atoms with Crippen molar-refractivity contribution in [2.45, 2.75) is 123 Å². The van der Waals surface area contributed by atoms with E-state index in [-0.39, 0.29) is 5.97 Å². The lowest BCUT2D eigenvalue weighted by atomic mass is 10.0. The summed E-state index contributed by atoms with van der Waals surface area (Å²) in [5.74, 6) is 0.591. The third kappa shape index (κ3) is 13.8. The Morgan fingerprint density at radius 2 is 1.21 bits per heavy atom. The molecule has 0 aliphatic carbocycles. The van der Waals surface area contributed by atoms with Crippen LogP contribution >= 0.6 is 0 Å². The fourth-order valence-electron chi connectivity index (χ4n) is 3.65. The summed E-state index contributed by atoms with van der Waals surface area (Å²) in [5.41, 5.74) is 1.21. The largest absolute Gasteiger partial charge is 0.427 e. The van der Waals surface area contributed by atoms with Crippen LogP contribution in [0.15, 0.2) is 24.3 Å². The number of esters is 1. The first-order valence-corrected chi connectivity index (χ1v) is 12.1. The molecule has 1 aromatic rings. The van der Waals surface area contributed by atoms with Crippen molar-refractivity contribution < 1.29 is 9.53 Å². The molecule has 0 heterocycles. The van der Waals surface area contributed by atoms with E-state index in [2.05, 4.69) is 19.9 Å². The number of carbonyl (C=O) groups excluding carboxylic acids is 1. The Balaban J connectivity index is 1.85. The van der Waals surface area contributed by atoms with Gasteiger partial charge in [-0.15, -0.1) is 0 Å². The van der Waals surface area contributed by atoms with Gasteiger partial charge in [-0.1, -0.05) is 116 Å². The smallest absolute Gasteiger partial charge is 0.311 e. The third-order valence-electron chi connectivity index (χ3n) is 5.52. The molecule has 2 heteroatoms. The number of rotatable bonds is 18. The minimum absolute atomic E-state index is 0.0945. The van der Waals surface area contributed by atoms with Crippen LogP contribution in [0.4, 0.5) is 0 Å². The first-order chi connectivity index (χ1) is 13.8. The summed E-state index contributed by atoms with van der Waals surface area (Å²) in [4.78, 5) is 11.9. The van der Waals surface area contributed by atoms with E-state index in [1.807, 2.05) is 18.2 Å². The van der Waals surface area contributed by atoms with Gasteiger partial charge in [0.1, 0.15) is 5.75 Å². The maximum absolute atomic E-state index is 11.9. The number of aryl methyl sites for hydroxylation is 1. The van der Waals surface area contributed by atoms with Gasteiger partial charge in [-0.3, -0.25) is 4.79 Å². The number of ether oxygens (including phenoxy) is 1. The average molecular weight is 389 g/mol. The van der Waals surface area contributed by atoms with E-state index in [9.17, 15) is 4.79 Å². The van der Waals surface area contributed by atoms with Crippen molar-refractivity contribution in [2.75, 3.05) is 0 Å². The zero-order valence-electron chi connectivity index (χ0n) is 18.6. The molecule has 0 aliphatic heterocycles. The Labute approximate surface area is 174 Å². The summed E-state index contributed by atoms with van der Waals surface area (Å²) in [6, 6.07) is 7.84. The highest BCUT2D eigenvalue weighted by Crippen LogP contribution is 2.16. The number of hydrogen-bond acceptors (Lipinski definition) is 2. The predicted octanol–water partition coefficient (Wildman–Crippen LogP) is 8.42. The average Bonchev–Trinajstić information content (AvgIpc) is 2.71. The lowest BCUT2D eigenvalue weighted by Gasteiger charge is -2.06. The molecule has 2 nitrogen and oxygen atoms in total. The molecule has 0 atom stereocenters. The molecule has 0 amide bonds. The lowest BCUT2D eigenvalue weighted by molar-refractivity contribution is -0.134. The topological polar surface area (TPSA) is 26.3 Å². The minimum atomic E-state index is -0.0945. The van der Waals surface area contributed by atoms with Crippen molar-refractivity contribution in [2.24, 2.45) is 0 Å². The second-order valence-corrected chi connectivity index (χ2v) is 8.17. The highest BCUT2D eigenvalue weighted by Gasteiger charge is 2.05. The van der Waals surface area contributed by atoms with Crippen molar-refractivity contribution in [1.29, 1.82) is 0 Å². The third-order valence-corrected chi connectivity index (χ3v) is 5.52. The minimum Gasteiger partial charge on any atom is -0.427 e. The van der Waals surface area contributed by atoms with E-state index in [1.54, 1.807) is 0 Å². The SMILES string of the molecule is CCCCCCCCCCCCCCCCCC(=O)Oc1cccc(CC)c1. The second kappa shape index (κ2) is 17.8. The molecule has 1 rings (SSSR count). The molecule has 0 saturated carbocycles. The fraction of sp³-hybridized carbons (Fsp3) is 0.731. The van der Waals surface area contributed by atoms with Crippen LogP contribution in [0.3, 0.4) is 0 Å². The maximum atomic E-state index is 11.9. The number of benzene rings is 1. The van der Waals surface area contributed by atoms with Gasteiger partial charge in [-0.25, -0.2) is 0 Å². The molecule has 0 fully saturated rings. The Hall–Kier alpha value is -1.31. The zero-order chi connectivity index (χ0) is 20.3. The van der Waals surface area contributed by atoms with E-state index in [4.69, 9.17) is 4.74 Å². The van der Waals surface area contributed by atoms with E-state index in [0.717, 1.165) is 19.3 Å². The normalized spacial score (nSPS) is 10.9. The van der Waals surface area contributed by atoms with Gasteiger partial charge in [0.25, 0.3) is 0 Å². The van der Waals surface area contributed by atoms with Crippen LogP contribution in [0.2, 0.25) is 0 Å². The number of unbranched alkanes of at least 4 members (excludes halogenated alkanes) is 14. The Bertz CT molecular complexity index is 495. The van der Waals surface area contributed by atoms with E-state index in [1.165, 1.54) is 89.0 Å². The first kappa shape index (κ1) is 24.7. The second-order valence-electron chi connectivity index (χ2n) is 8.17.